The van der Waals surface area contributed by atoms with E-state index in [1.54, 1.807) is 0 Å². The zero-order valence-corrected chi connectivity index (χ0v) is 14.4. The van der Waals surface area contributed by atoms with Gasteiger partial charge in [-0.25, -0.2) is 0 Å². The van der Waals surface area contributed by atoms with E-state index >= 15 is 0 Å². The molecule has 2 N–H and O–H groups in total. The summed E-state index contributed by atoms with van der Waals surface area (Å²) in [5, 5.41) is 7.39. The Hall–Kier alpha value is -2.30. The quantitative estimate of drug-likeness (QED) is 0.876. The zero-order chi connectivity index (χ0) is 17.0. The summed E-state index contributed by atoms with van der Waals surface area (Å²) < 4.78 is 0. The number of carbonyl (C=O) groups is 1. The third-order valence-corrected chi connectivity index (χ3v) is 4.06. The molecule has 1 heterocycles. The molecule has 0 unspecified atom stereocenters. The van der Waals surface area contributed by atoms with Crippen molar-refractivity contribution in [3.05, 3.63) is 36.0 Å². The van der Waals surface area contributed by atoms with Gasteiger partial charge in [-0.1, -0.05) is 19.6 Å². The van der Waals surface area contributed by atoms with Gasteiger partial charge in [0.15, 0.2) is 0 Å². The predicted octanol–water partition coefficient (Wildman–Crippen LogP) is 3.34. The fourth-order valence-corrected chi connectivity index (χ4v) is 2.94. The highest BCUT2D eigenvalue weighted by Crippen LogP contribution is 2.30. The van der Waals surface area contributed by atoms with Crippen LogP contribution in [0.2, 0.25) is 0 Å². The van der Waals surface area contributed by atoms with Gasteiger partial charge in [-0.15, -0.1) is 0 Å². The average molecular weight is 314 g/mol. The fourth-order valence-electron chi connectivity index (χ4n) is 2.94. The maximum atomic E-state index is 11.6. The Balaban J connectivity index is 2.43. The Morgan fingerprint density at radius 3 is 2.70 bits per heavy atom. The van der Waals surface area contributed by atoms with Crippen LogP contribution in [0.5, 0.6) is 0 Å². The number of hydrogen-bond acceptors (Lipinski definition) is 4. The lowest BCUT2D eigenvalue weighted by molar-refractivity contribution is -0.114. The van der Waals surface area contributed by atoms with Crippen LogP contribution in [0.25, 0.3) is 0 Å². The van der Waals surface area contributed by atoms with Crippen molar-refractivity contribution < 1.29 is 4.79 Å². The predicted molar refractivity (Wildman–Crippen MR) is 96.9 cm³/mol. The summed E-state index contributed by atoms with van der Waals surface area (Å²) in [6.07, 6.45) is 0.867. The van der Waals surface area contributed by atoms with E-state index < -0.39 is 0 Å². The second kappa shape index (κ2) is 7.31. The van der Waals surface area contributed by atoms with Crippen LogP contribution in [0.3, 0.4) is 0 Å². The van der Waals surface area contributed by atoms with Crippen molar-refractivity contribution in [3.8, 4) is 0 Å². The average Bonchev–Trinajstić information content (AvgIpc) is 2.49. The molecule has 124 valence electrons. The van der Waals surface area contributed by atoms with Crippen LogP contribution in [0, 0.1) is 5.92 Å². The summed E-state index contributed by atoms with van der Waals surface area (Å²) >= 11 is 0. The topological polar surface area (TPSA) is 56.7 Å². The Kier molecular flexibility index (Phi) is 5.42. The van der Waals surface area contributed by atoms with E-state index in [9.17, 15) is 4.79 Å². The molecule has 1 atom stereocenters. The van der Waals surface area contributed by atoms with Crippen LogP contribution in [-0.4, -0.2) is 24.7 Å². The number of carbonyl (C=O) groups excluding carboxylic acids is 1. The molecular formula is C18H26N4O. The smallest absolute Gasteiger partial charge is 0.221 e. The molecule has 5 heteroatoms. The molecule has 1 amide bonds. The number of nitrogens with zero attached hydrogens (tertiary/aromatic N) is 2. The Morgan fingerprint density at radius 2 is 2.13 bits per heavy atom. The number of benzene rings is 1. The molecule has 0 fully saturated rings. The van der Waals surface area contributed by atoms with Crippen molar-refractivity contribution in [2.75, 3.05) is 23.3 Å². The van der Waals surface area contributed by atoms with E-state index in [0.29, 0.717) is 5.92 Å². The molecule has 0 aromatic heterocycles. The van der Waals surface area contributed by atoms with Crippen molar-refractivity contribution in [2.24, 2.45) is 11.0 Å². The van der Waals surface area contributed by atoms with Crippen molar-refractivity contribution >= 4 is 23.0 Å². The molecule has 0 saturated carbocycles. The molecule has 0 spiro atoms. The van der Waals surface area contributed by atoms with Crippen LogP contribution in [0.15, 0.2) is 35.6 Å². The lowest BCUT2D eigenvalue weighted by atomic mass is 9.92. The van der Waals surface area contributed by atoms with Gasteiger partial charge in [0.05, 0.1) is 17.1 Å². The van der Waals surface area contributed by atoms with Crippen molar-refractivity contribution in [1.29, 1.82) is 0 Å². The number of amides is 1. The highest BCUT2D eigenvalue weighted by molar-refractivity contribution is 6.05. The van der Waals surface area contributed by atoms with Crippen LogP contribution in [0.1, 0.15) is 39.7 Å². The lowest BCUT2D eigenvalue weighted by Gasteiger charge is -2.26. The van der Waals surface area contributed by atoms with Gasteiger partial charge >= 0.3 is 0 Å². The van der Waals surface area contributed by atoms with Crippen LogP contribution in [-0.2, 0) is 4.79 Å². The summed E-state index contributed by atoms with van der Waals surface area (Å²) in [5.74, 6) is 0.230. The molecule has 1 aromatic carbocycles. The first-order chi connectivity index (χ1) is 11.0. The third kappa shape index (κ3) is 3.92. The zero-order valence-electron chi connectivity index (χ0n) is 14.4. The van der Waals surface area contributed by atoms with Gasteiger partial charge in [-0.3, -0.25) is 10.2 Å². The highest BCUT2D eigenvalue weighted by atomic mass is 16.1. The SMILES string of the molecule is C=C1C[C@@H](C)C(c2ccc(N(CC)CC)c(NC(C)=O)c2)=NN1. The second-order valence-corrected chi connectivity index (χ2v) is 5.90. The minimum Gasteiger partial charge on any atom is -0.370 e. The minimum atomic E-state index is -0.0688. The van der Waals surface area contributed by atoms with E-state index in [1.807, 2.05) is 6.07 Å². The fraction of sp³-hybridized carbons (Fsp3) is 0.444. The first-order valence-corrected chi connectivity index (χ1v) is 8.14. The van der Waals surface area contributed by atoms with E-state index in [1.165, 1.54) is 6.92 Å². The summed E-state index contributed by atoms with van der Waals surface area (Å²) in [7, 11) is 0. The van der Waals surface area contributed by atoms with Crippen LogP contribution < -0.4 is 15.6 Å². The summed E-state index contributed by atoms with van der Waals surface area (Å²) in [5.41, 5.74) is 7.80. The Bertz CT molecular complexity index is 632. The molecule has 1 aliphatic heterocycles. The molecule has 23 heavy (non-hydrogen) atoms. The van der Waals surface area contributed by atoms with Crippen LogP contribution >= 0.6 is 0 Å². The second-order valence-electron chi connectivity index (χ2n) is 5.90. The maximum absolute atomic E-state index is 11.6. The standard InChI is InChI=1S/C18H26N4O/c1-6-22(7-2)17-9-8-15(11-16(17)19-14(5)23)18-12(3)10-13(4)20-21-18/h8-9,11-12,20H,4,6-7,10H2,1-3,5H3,(H,19,23)/t12-/m1/s1. The molecule has 0 radical (unpaired) electrons. The van der Waals surface area contributed by atoms with E-state index in [-0.39, 0.29) is 5.91 Å². The first-order valence-electron chi connectivity index (χ1n) is 8.14. The van der Waals surface area contributed by atoms with E-state index in [2.05, 4.69) is 60.2 Å². The number of hydrogen-bond donors (Lipinski definition) is 2. The monoisotopic (exact) mass is 314 g/mol. The Labute approximate surface area is 138 Å². The Morgan fingerprint density at radius 1 is 1.43 bits per heavy atom. The molecule has 2 rings (SSSR count). The number of nitrogens with one attached hydrogen (secondary N) is 2. The lowest BCUT2D eigenvalue weighted by Crippen LogP contribution is -2.26. The van der Waals surface area contributed by atoms with Gasteiger partial charge in [-0.05, 0) is 32.4 Å². The van der Waals surface area contributed by atoms with Crippen molar-refractivity contribution in [1.82, 2.24) is 5.43 Å². The summed E-state index contributed by atoms with van der Waals surface area (Å²) in [6.45, 7) is 13.6. The van der Waals surface area contributed by atoms with Gasteiger partial charge < -0.3 is 10.2 Å². The number of rotatable bonds is 5. The van der Waals surface area contributed by atoms with Gasteiger partial charge in [0.1, 0.15) is 0 Å². The molecule has 0 aliphatic carbocycles. The van der Waals surface area contributed by atoms with Gasteiger partial charge in [0, 0.05) is 37.2 Å². The largest absolute Gasteiger partial charge is 0.370 e. The van der Waals surface area contributed by atoms with E-state index in [0.717, 1.165) is 47.9 Å². The molecule has 1 aliphatic rings. The van der Waals surface area contributed by atoms with Crippen molar-refractivity contribution in [3.63, 3.8) is 0 Å². The summed E-state index contributed by atoms with van der Waals surface area (Å²) in [4.78, 5) is 13.8. The first kappa shape index (κ1) is 17.1. The van der Waals surface area contributed by atoms with E-state index in [4.69, 9.17) is 0 Å². The van der Waals surface area contributed by atoms with Gasteiger partial charge in [-0.2, -0.15) is 5.10 Å². The number of hydrazone groups is 1. The number of anilines is 2. The van der Waals surface area contributed by atoms with Gasteiger partial charge in [0.25, 0.3) is 0 Å². The minimum absolute atomic E-state index is 0.0688. The van der Waals surface area contributed by atoms with Crippen LogP contribution in [0.4, 0.5) is 11.4 Å². The molecular weight excluding hydrogens is 288 g/mol. The van der Waals surface area contributed by atoms with Gasteiger partial charge in [0.2, 0.25) is 5.91 Å². The molecule has 1 aromatic rings. The molecule has 0 saturated heterocycles. The maximum Gasteiger partial charge on any atom is 0.221 e. The van der Waals surface area contributed by atoms with Crippen molar-refractivity contribution in [2.45, 2.75) is 34.1 Å². The molecule has 5 nitrogen and oxygen atoms in total. The normalized spacial score (nSPS) is 17.3. The third-order valence-electron chi connectivity index (χ3n) is 4.06. The highest BCUT2D eigenvalue weighted by Gasteiger charge is 2.20. The molecule has 0 bridgehead atoms. The summed E-state index contributed by atoms with van der Waals surface area (Å²) in [6, 6.07) is 6.15. The number of allylic oxidation sites excluding steroid dienone is 1.